The summed E-state index contributed by atoms with van der Waals surface area (Å²) in [7, 11) is -3.43. The van der Waals surface area contributed by atoms with Gasteiger partial charge in [-0.05, 0) is 23.7 Å². The van der Waals surface area contributed by atoms with Gasteiger partial charge in [0.2, 0.25) is 5.28 Å². The van der Waals surface area contributed by atoms with E-state index in [0.717, 1.165) is 6.26 Å². The quantitative estimate of drug-likeness (QED) is 0.693. The number of sulfone groups is 1. The van der Waals surface area contributed by atoms with Gasteiger partial charge in [0.15, 0.2) is 9.84 Å². The minimum Gasteiger partial charge on any atom is -0.360 e. The monoisotopic (exact) mass is 375 g/mol. The molecule has 0 bridgehead atoms. The van der Waals surface area contributed by atoms with Crippen LogP contribution in [0.1, 0.15) is 5.56 Å². The third-order valence-electron chi connectivity index (χ3n) is 3.40. The Labute approximate surface area is 139 Å². The van der Waals surface area contributed by atoms with Crippen molar-refractivity contribution in [1.29, 1.82) is 0 Å². The maximum absolute atomic E-state index is 13.2. The van der Waals surface area contributed by atoms with E-state index in [0.29, 0.717) is 17.1 Å². The third kappa shape index (κ3) is 2.96. The minimum absolute atomic E-state index is 0.0557. The number of hydrogen-bond donors (Lipinski definition) is 1. The fourth-order valence-electron chi connectivity index (χ4n) is 2.30. The second-order valence-electron chi connectivity index (χ2n) is 5.08. The van der Waals surface area contributed by atoms with Crippen molar-refractivity contribution in [3.63, 3.8) is 0 Å². The molecule has 0 amide bonds. The van der Waals surface area contributed by atoms with Gasteiger partial charge in [-0.1, -0.05) is 6.07 Å². The Morgan fingerprint density at radius 3 is 2.58 bits per heavy atom. The Kier molecular flexibility index (Phi) is 3.80. The number of halogens is 4. The second kappa shape index (κ2) is 5.45. The van der Waals surface area contributed by atoms with Crippen molar-refractivity contribution in [1.82, 2.24) is 15.0 Å². The van der Waals surface area contributed by atoms with Crippen molar-refractivity contribution in [3.05, 3.63) is 41.4 Å². The Balaban J connectivity index is 2.27. The number of H-pyrrole nitrogens is 1. The topological polar surface area (TPSA) is 75.7 Å². The van der Waals surface area contributed by atoms with E-state index in [9.17, 15) is 21.6 Å². The molecule has 3 aromatic rings. The van der Waals surface area contributed by atoms with Crippen LogP contribution in [0.3, 0.4) is 0 Å². The molecular formula is C14H9ClF3N3O2S. The Hall–Kier alpha value is -2.13. The minimum atomic E-state index is -4.66. The summed E-state index contributed by atoms with van der Waals surface area (Å²) >= 11 is 5.64. The maximum atomic E-state index is 13.2. The molecule has 2 heterocycles. The number of alkyl halides is 3. The van der Waals surface area contributed by atoms with Crippen LogP contribution in [0, 0.1) is 0 Å². The van der Waals surface area contributed by atoms with Crippen LogP contribution in [-0.4, -0.2) is 29.6 Å². The number of fused-ring (bicyclic) bond motifs is 1. The van der Waals surface area contributed by atoms with Crippen molar-refractivity contribution in [2.45, 2.75) is 11.1 Å². The predicted molar refractivity (Wildman–Crippen MR) is 82.4 cm³/mol. The zero-order chi connectivity index (χ0) is 17.7. The van der Waals surface area contributed by atoms with Crippen molar-refractivity contribution >= 4 is 32.3 Å². The fourth-order valence-corrected chi connectivity index (χ4v) is 3.09. The predicted octanol–water partition coefficient (Wildman–Crippen LogP) is 3.70. The molecule has 0 radical (unpaired) electrons. The molecule has 126 valence electrons. The first kappa shape index (κ1) is 16.7. The number of nitrogens with zero attached hydrogens (tertiary/aromatic N) is 2. The lowest BCUT2D eigenvalue weighted by Crippen LogP contribution is -2.09. The summed E-state index contributed by atoms with van der Waals surface area (Å²) < 4.78 is 62.7. The summed E-state index contributed by atoms with van der Waals surface area (Å²) in [6.45, 7) is 0. The summed E-state index contributed by atoms with van der Waals surface area (Å²) in [5.74, 6) is 0. The smallest absolute Gasteiger partial charge is 0.360 e. The van der Waals surface area contributed by atoms with E-state index >= 15 is 0 Å². The van der Waals surface area contributed by atoms with E-state index in [1.807, 2.05) is 0 Å². The van der Waals surface area contributed by atoms with Crippen LogP contribution < -0.4 is 0 Å². The summed E-state index contributed by atoms with van der Waals surface area (Å²) in [4.78, 5) is 9.90. The zero-order valence-electron chi connectivity index (χ0n) is 12.0. The van der Waals surface area contributed by atoms with Gasteiger partial charge in [-0.15, -0.1) is 0 Å². The normalized spacial score (nSPS) is 12.7. The van der Waals surface area contributed by atoms with Crippen LogP contribution in [0.25, 0.3) is 22.2 Å². The van der Waals surface area contributed by atoms with Crippen LogP contribution in [0.15, 0.2) is 35.5 Å². The molecule has 0 saturated carbocycles. The van der Waals surface area contributed by atoms with Gasteiger partial charge in [0, 0.05) is 35.1 Å². The Morgan fingerprint density at radius 1 is 1.25 bits per heavy atom. The molecule has 2 aromatic heterocycles. The highest BCUT2D eigenvalue weighted by Crippen LogP contribution is 2.38. The summed E-state index contributed by atoms with van der Waals surface area (Å²) in [5.41, 5.74) is -0.877. The summed E-state index contributed by atoms with van der Waals surface area (Å²) in [6.07, 6.45) is -1.67. The molecular weight excluding hydrogens is 367 g/mol. The van der Waals surface area contributed by atoms with Gasteiger partial charge in [-0.2, -0.15) is 13.2 Å². The largest absolute Gasteiger partial charge is 0.419 e. The van der Waals surface area contributed by atoms with Gasteiger partial charge in [0.25, 0.3) is 0 Å². The molecule has 0 fully saturated rings. The summed E-state index contributed by atoms with van der Waals surface area (Å²) in [5, 5.41) is 0.0720. The lowest BCUT2D eigenvalue weighted by atomic mass is 10.1. The number of aromatic amines is 1. The highest BCUT2D eigenvalue weighted by Gasteiger charge is 2.36. The molecule has 24 heavy (non-hydrogen) atoms. The SMILES string of the molecule is CS(=O)(=O)c1ccc2c(-c3nc(Cl)ncc3C(F)(F)F)c[nH]c2c1. The van der Waals surface area contributed by atoms with E-state index in [4.69, 9.17) is 11.6 Å². The molecule has 0 spiro atoms. The average molecular weight is 376 g/mol. The van der Waals surface area contributed by atoms with E-state index in [2.05, 4.69) is 15.0 Å². The summed E-state index contributed by atoms with van der Waals surface area (Å²) in [6, 6.07) is 4.10. The van der Waals surface area contributed by atoms with E-state index in [1.165, 1.54) is 24.4 Å². The van der Waals surface area contributed by atoms with E-state index < -0.39 is 21.6 Å². The van der Waals surface area contributed by atoms with Crippen LogP contribution in [-0.2, 0) is 16.0 Å². The average Bonchev–Trinajstić information content (AvgIpc) is 2.87. The van der Waals surface area contributed by atoms with Gasteiger partial charge < -0.3 is 4.98 Å². The molecule has 0 saturated heterocycles. The van der Waals surface area contributed by atoms with Gasteiger partial charge >= 0.3 is 6.18 Å². The van der Waals surface area contributed by atoms with Crippen molar-refractivity contribution < 1.29 is 21.6 Å². The van der Waals surface area contributed by atoms with Gasteiger partial charge in [0.1, 0.15) is 5.56 Å². The first-order chi connectivity index (χ1) is 11.1. The molecule has 5 nitrogen and oxygen atoms in total. The molecule has 0 aliphatic carbocycles. The molecule has 3 rings (SSSR count). The number of hydrogen-bond acceptors (Lipinski definition) is 4. The van der Waals surface area contributed by atoms with E-state index in [-0.39, 0.29) is 21.4 Å². The van der Waals surface area contributed by atoms with Gasteiger partial charge in [0.05, 0.1) is 10.6 Å². The van der Waals surface area contributed by atoms with Crippen molar-refractivity contribution in [2.75, 3.05) is 6.26 Å². The molecule has 0 aliphatic heterocycles. The van der Waals surface area contributed by atoms with E-state index in [1.54, 1.807) is 0 Å². The number of rotatable bonds is 2. The highest BCUT2D eigenvalue weighted by atomic mass is 35.5. The fraction of sp³-hybridized carbons (Fsp3) is 0.143. The van der Waals surface area contributed by atoms with Crippen molar-refractivity contribution in [3.8, 4) is 11.3 Å². The van der Waals surface area contributed by atoms with Crippen molar-refractivity contribution in [2.24, 2.45) is 0 Å². The lowest BCUT2D eigenvalue weighted by Gasteiger charge is -2.11. The molecule has 0 aliphatic rings. The Bertz CT molecular complexity index is 1050. The maximum Gasteiger partial charge on any atom is 0.419 e. The number of nitrogens with one attached hydrogen (secondary N) is 1. The first-order valence-corrected chi connectivity index (χ1v) is 8.75. The third-order valence-corrected chi connectivity index (χ3v) is 4.69. The second-order valence-corrected chi connectivity index (χ2v) is 7.43. The van der Waals surface area contributed by atoms with Crippen LogP contribution in [0.5, 0.6) is 0 Å². The highest BCUT2D eigenvalue weighted by molar-refractivity contribution is 7.90. The number of aromatic nitrogens is 3. The van der Waals surface area contributed by atoms with Crippen LogP contribution in [0.2, 0.25) is 5.28 Å². The first-order valence-electron chi connectivity index (χ1n) is 6.48. The zero-order valence-corrected chi connectivity index (χ0v) is 13.6. The van der Waals surface area contributed by atoms with Crippen LogP contribution >= 0.6 is 11.6 Å². The molecule has 0 atom stereocenters. The molecule has 10 heteroatoms. The standard InChI is InChI=1S/C14H9ClF3N3O2S/c1-24(22,23)7-2-3-8-9(5-19-11(8)4-7)12-10(14(16,17)18)6-20-13(15)21-12/h2-6,19H,1H3. The van der Waals surface area contributed by atoms with Gasteiger partial charge in [-0.25, -0.2) is 18.4 Å². The van der Waals surface area contributed by atoms with Crippen LogP contribution in [0.4, 0.5) is 13.2 Å². The lowest BCUT2D eigenvalue weighted by molar-refractivity contribution is -0.137. The van der Waals surface area contributed by atoms with Gasteiger partial charge in [-0.3, -0.25) is 0 Å². The number of benzene rings is 1. The molecule has 1 aromatic carbocycles. The molecule has 1 N–H and O–H groups in total. The molecule has 0 unspecified atom stereocenters. The Morgan fingerprint density at radius 2 is 1.96 bits per heavy atom.